The zero-order valence-corrected chi connectivity index (χ0v) is 10.7. The van der Waals surface area contributed by atoms with Gasteiger partial charge in [-0.05, 0) is 12.8 Å². The van der Waals surface area contributed by atoms with E-state index in [1.54, 1.807) is 0 Å². The molecule has 1 fully saturated rings. The molecule has 3 N–H and O–H groups in total. The van der Waals surface area contributed by atoms with Crippen molar-refractivity contribution in [2.24, 2.45) is 11.7 Å². The van der Waals surface area contributed by atoms with E-state index < -0.39 is 42.0 Å². The van der Waals surface area contributed by atoms with Crippen molar-refractivity contribution in [3.63, 3.8) is 0 Å². The second-order valence-electron chi connectivity index (χ2n) is 5.11. The Morgan fingerprint density at radius 2 is 2.11 bits per heavy atom. The molecule has 0 saturated heterocycles. The quantitative estimate of drug-likeness (QED) is 0.726. The van der Waals surface area contributed by atoms with E-state index in [4.69, 9.17) is 11.0 Å². The zero-order valence-electron chi connectivity index (χ0n) is 10.7. The molecular formula is C12H17F2N3O2. The number of nitrogens with two attached hydrogens (primary N) is 1. The highest BCUT2D eigenvalue weighted by atomic mass is 19.3. The molecule has 0 aromatic heterocycles. The van der Waals surface area contributed by atoms with Crippen molar-refractivity contribution in [3.8, 4) is 6.07 Å². The maximum Gasteiger partial charge on any atom is 0.249 e. The molecule has 1 aliphatic rings. The third-order valence-electron chi connectivity index (χ3n) is 3.15. The van der Waals surface area contributed by atoms with Gasteiger partial charge in [-0.25, -0.2) is 8.78 Å². The summed E-state index contributed by atoms with van der Waals surface area (Å²) in [5, 5.41) is 11.2. The predicted octanol–water partition coefficient (Wildman–Crippen LogP) is 1.09. The summed E-state index contributed by atoms with van der Waals surface area (Å²) in [5.41, 5.74) is 4.08. The largest absolute Gasteiger partial charge is 0.369 e. The van der Waals surface area contributed by atoms with Crippen LogP contribution in [0.1, 0.15) is 39.0 Å². The SMILES string of the molecule is C[C@@H](CC(F)(F)CCC(=O)NC1(C#N)CC1)C(N)=O. The Kier molecular flexibility index (Phi) is 4.45. The number of alkyl halides is 2. The highest BCUT2D eigenvalue weighted by Gasteiger charge is 2.44. The van der Waals surface area contributed by atoms with E-state index in [1.807, 2.05) is 6.07 Å². The molecule has 7 heteroatoms. The second-order valence-corrected chi connectivity index (χ2v) is 5.11. The van der Waals surface area contributed by atoms with E-state index in [-0.39, 0.29) is 6.42 Å². The Bertz CT molecular complexity index is 414. The molecule has 0 unspecified atom stereocenters. The molecule has 0 aromatic carbocycles. The molecule has 5 nitrogen and oxygen atoms in total. The summed E-state index contributed by atoms with van der Waals surface area (Å²) >= 11 is 0. The van der Waals surface area contributed by atoms with Gasteiger partial charge in [-0.1, -0.05) is 6.92 Å². The third-order valence-corrected chi connectivity index (χ3v) is 3.15. The predicted molar refractivity (Wildman–Crippen MR) is 62.9 cm³/mol. The number of carbonyl (C=O) groups excluding carboxylic acids is 2. The van der Waals surface area contributed by atoms with Crippen LogP contribution in [-0.2, 0) is 9.59 Å². The number of nitrogens with zero attached hydrogens (tertiary/aromatic N) is 1. The van der Waals surface area contributed by atoms with E-state index in [1.165, 1.54) is 6.92 Å². The molecule has 0 heterocycles. The smallest absolute Gasteiger partial charge is 0.249 e. The van der Waals surface area contributed by atoms with Crippen LogP contribution >= 0.6 is 0 Å². The standard InChI is InChI=1S/C12H17F2N3O2/c1-8(10(16)19)6-12(13,14)3-2-9(18)17-11(7-15)4-5-11/h8H,2-6H2,1H3,(H2,16,19)(H,17,18)/t8-/m0/s1. The zero-order chi connectivity index (χ0) is 14.7. The van der Waals surface area contributed by atoms with Gasteiger partial charge in [0.05, 0.1) is 6.07 Å². The van der Waals surface area contributed by atoms with E-state index in [2.05, 4.69) is 5.32 Å². The number of nitriles is 1. The highest BCUT2D eigenvalue weighted by Crippen LogP contribution is 2.35. The Morgan fingerprint density at radius 1 is 1.53 bits per heavy atom. The van der Waals surface area contributed by atoms with E-state index in [0.717, 1.165) is 0 Å². The van der Waals surface area contributed by atoms with Crippen LogP contribution in [0.25, 0.3) is 0 Å². The normalized spacial score (nSPS) is 18.2. The number of amides is 2. The number of hydrogen-bond acceptors (Lipinski definition) is 3. The lowest BCUT2D eigenvalue weighted by Crippen LogP contribution is -2.36. The number of carbonyl (C=O) groups is 2. The molecule has 0 bridgehead atoms. The lowest BCUT2D eigenvalue weighted by molar-refractivity contribution is -0.126. The Balaban J connectivity index is 2.36. The summed E-state index contributed by atoms with van der Waals surface area (Å²) < 4.78 is 26.9. The fraction of sp³-hybridized carbons (Fsp3) is 0.750. The number of hydrogen-bond donors (Lipinski definition) is 2. The van der Waals surface area contributed by atoms with Crippen molar-refractivity contribution in [2.75, 3.05) is 0 Å². The van der Waals surface area contributed by atoms with Crippen molar-refractivity contribution >= 4 is 11.8 Å². The molecule has 0 radical (unpaired) electrons. The van der Waals surface area contributed by atoms with Crippen LogP contribution in [0.15, 0.2) is 0 Å². The second kappa shape index (κ2) is 5.51. The van der Waals surface area contributed by atoms with Crippen LogP contribution in [0.3, 0.4) is 0 Å². The average Bonchev–Trinajstić information content (AvgIpc) is 3.06. The number of rotatable bonds is 7. The van der Waals surface area contributed by atoms with Crippen molar-refractivity contribution in [1.29, 1.82) is 5.26 Å². The molecule has 0 aliphatic heterocycles. The van der Waals surface area contributed by atoms with Crippen LogP contribution < -0.4 is 11.1 Å². The summed E-state index contributed by atoms with van der Waals surface area (Å²) in [4.78, 5) is 22.2. The Morgan fingerprint density at radius 3 is 2.53 bits per heavy atom. The monoisotopic (exact) mass is 273 g/mol. The van der Waals surface area contributed by atoms with Crippen molar-refractivity contribution < 1.29 is 18.4 Å². The first-order valence-electron chi connectivity index (χ1n) is 6.09. The lowest BCUT2D eigenvalue weighted by atomic mass is 9.99. The van der Waals surface area contributed by atoms with Gasteiger partial charge in [-0.3, -0.25) is 9.59 Å². The molecule has 19 heavy (non-hydrogen) atoms. The fourth-order valence-electron chi connectivity index (χ4n) is 1.67. The highest BCUT2D eigenvalue weighted by molar-refractivity contribution is 5.78. The van der Waals surface area contributed by atoms with Gasteiger partial charge in [0.15, 0.2) is 0 Å². The molecule has 106 valence electrons. The summed E-state index contributed by atoms with van der Waals surface area (Å²) in [6.07, 6.45) is -0.576. The van der Waals surface area contributed by atoms with Crippen molar-refractivity contribution in [3.05, 3.63) is 0 Å². The van der Waals surface area contributed by atoms with Crippen molar-refractivity contribution in [2.45, 2.75) is 50.5 Å². The molecule has 1 atom stereocenters. The lowest BCUT2D eigenvalue weighted by Gasteiger charge is -2.19. The van der Waals surface area contributed by atoms with Gasteiger partial charge in [-0.2, -0.15) is 5.26 Å². The maximum absolute atomic E-state index is 13.5. The van der Waals surface area contributed by atoms with E-state index in [9.17, 15) is 18.4 Å². The topological polar surface area (TPSA) is 96.0 Å². The average molecular weight is 273 g/mol. The summed E-state index contributed by atoms with van der Waals surface area (Å²) in [6, 6.07) is 1.95. The van der Waals surface area contributed by atoms with E-state index >= 15 is 0 Å². The molecule has 1 aliphatic carbocycles. The van der Waals surface area contributed by atoms with Crippen LogP contribution in [0, 0.1) is 17.2 Å². The molecule has 0 aromatic rings. The number of nitrogens with one attached hydrogen (secondary N) is 1. The Hall–Kier alpha value is -1.71. The van der Waals surface area contributed by atoms with Crippen LogP contribution in [0.4, 0.5) is 8.78 Å². The summed E-state index contributed by atoms with van der Waals surface area (Å²) in [7, 11) is 0. The fourth-order valence-corrected chi connectivity index (χ4v) is 1.67. The maximum atomic E-state index is 13.5. The van der Waals surface area contributed by atoms with Gasteiger partial charge < -0.3 is 11.1 Å². The van der Waals surface area contributed by atoms with Crippen molar-refractivity contribution in [1.82, 2.24) is 5.32 Å². The Labute approximate surface area is 110 Å². The first-order chi connectivity index (χ1) is 8.70. The van der Waals surface area contributed by atoms with Crippen LogP contribution in [0.2, 0.25) is 0 Å². The van der Waals surface area contributed by atoms with Gasteiger partial charge in [0.25, 0.3) is 0 Å². The summed E-state index contributed by atoms with van der Waals surface area (Å²) in [6.45, 7) is 1.32. The van der Waals surface area contributed by atoms with Gasteiger partial charge >= 0.3 is 0 Å². The molecule has 2 amide bonds. The van der Waals surface area contributed by atoms with Gasteiger partial charge in [-0.15, -0.1) is 0 Å². The minimum absolute atomic E-state index is 0.373. The molecule has 1 saturated carbocycles. The number of primary amides is 1. The van der Waals surface area contributed by atoms with Gasteiger partial charge in [0, 0.05) is 25.2 Å². The molecular weight excluding hydrogens is 256 g/mol. The first kappa shape index (κ1) is 15.3. The third kappa shape index (κ3) is 4.81. The summed E-state index contributed by atoms with van der Waals surface area (Å²) in [5.74, 6) is -5.40. The van der Waals surface area contributed by atoms with E-state index in [0.29, 0.717) is 12.8 Å². The minimum Gasteiger partial charge on any atom is -0.369 e. The van der Waals surface area contributed by atoms with Gasteiger partial charge in [0.2, 0.25) is 17.7 Å². The van der Waals surface area contributed by atoms with Crippen LogP contribution in [0.5, 0.6) is 0 Å². The molecule has 1 rings (SSSR count). The minimum atomic E-state index is -3.12. The van der Waals surface area contributed by atoms with Gasteiger partial charge in [0.1, 0.15) is 5.54 Å². The molecule has 0 spiro atoms. The first-order valence-corrected chi connectivity index (χ1v) is 6.09. The van der Waals surface area contributed by atoms with Crippen LogP contribution in [-0.4, -0.2) is 23.3 Å². The number of halogens is 2.